The van der Waals surface area contributed by atoms with Crippen LogP contribution in [0.5, 0.6) is 0 Å². The average molecular weight is 300 g/mol. The summed E-state index contributed by atoms with van der Waals surface area (Å²) in [6.45, 7) is 6.72. The molecule has 1 aromatic carbocycles. The van der Waals surface area contributed by atoms with Crippen molar-refractivity contribution < 1.29 is 4.52 Å². The molecule has 0 aliphatic rings. The third kappa shape index (κ3) is 3.87. The Bertz CT molecular complexity index is 624. The first-order valence-electron chi connectivity index (χ1n) is 7.80. The molecular formula is C17H24N4O. The number of aromatic nitrogens is 1. The molecule has 118 valence electrons. The third-order valence-corrected chi connectivity index (χ3v) is 3.62. The van der Waals surface area contributed by atoms with Gasteiger partial charge in [-0.25, -0.2) is 4.99 Å². The lowest BCUT2D eigenvalue weighted by Gasteiger charge is -2.07. The Morgan fingerprint density at radius 1 is 1.23 bits per heavy atom. The van der Waals surface area contributed by atoms with Gasteiger partial charge in [-0.15, -0.1) is 0 Å². The largest absolute Gasteiger partial charge is 0.370 e. The molecule has 0 aliphatic carbocycles. The topological polar surface area (TPSA) is 76.4 Å². The molecule has 0 fully saturated rings. The monoisotopic (exact) mass is 300 g/mol. The van der Waals surface area contributed by atoms with Crippen molar-refractivity contribution in [3.8, 4) is 0 Å². The standard InChI is InChI=1S/C17H24N4O/c1-4-12-8-7-9-13(10-12)20-17(18)19-11-14-15(5-2)21-22-16(14)6-3/h7-10H,4-6,11H2,1-3H3,(H3,18,19,20). The highest BCUT2D eigenvalue weighted by molar-refractivity contribution is 5.92. The van der Waals surface area contributed by atoms with Crippen LogP contribution < -0.4 is 11.1 Å². The van der Waals surface area contributed by atoms with Crippen LogP contribution in [0.3, 0.4) is 0 Å². The lowest BCUT2D eigenvalue weighted by molar-refractivity contribution is 0.380. The molecule has 2 aromatic rings. The van der Waals surface area contributed by atoms with Gasteiger partial charge in [0.2, 0.25) is 0 Å². The van der Waals surface area contributed by atoms with Crippen LogP contribution in [0.25, 0.3) is 0 Å². The normalized spacial score (nSPS) is 11.7. The number of nitrogens with one attached hydrogen (secondary N) is 1. The Morgan fingerprint density at radius 2 is 2.05 bits per heavy atom. The Hall–Kier alpha value is -2.30. The van der Waals surface area contributed by atoms with Gasteiger partial charge in [-0.05, 0) is 30.5 Å². The zero-order chi connectivity index (χ0) is 15.9. The van der Waals surface area contributed by atoms with Crippen molar-refractivity contribution in [3.05, 3.63) is 46.8 Å². The van der Waals surface area contributed by atoms with Crippen molar-refractivity contribution in [2.75, 3.05) is 5.32 Å². The van der Waals surface area contributed by atoms with Crippen molar-refractivity contribution >= 4 is 11.6 Å². The predicted molar refractivity (Wildman–Crippen MR) is 90.0 cm³/mol. The van der Waals surface area contributed by atoms with Gasteiger partial charge in [-0.3, -0.25) is 0 Å². The van der Waals surface area contributed by atoms with Gasteiger partial charge in [0.05, 0.1) is 12.2 Å². The first-order chi connectivity index (χ1) is 10.7. The van der Waals surface area contributed by atoms with E-state index in [0.717, 1.165) is 42.0 Å². The van der Waals surface area contributed by atoms with Gasteiger partial charge in [0.15, 0.2) is 5.96 Å². The van der Waals surface area contributed by atoms with E-state index in [1.54, 1.807) is 0 Å². The van der Waals surface area contributed by atoms with Crippen LogP contribution in [0, 0.1) is 0 Å². The second-order valence-electron chi connectivity index (χ2n) is 5.12. The Morgan fingerprint density at radius 3 is 2.73 bits per heavy atom. The highest BCUT2D eigenvalue weighted by atomic mass is 16.5. The molecular weight excluding hydrogens is 276 g/mol. The van der Waals surface area contributed by atoms with Crippen molar-refractivity contribution in [1.29, 1.82) is 0 Å². The minimum atomic E-state index is 0.401. The van der Waals surface area contributed by atoms with E-state index in [1.165, 1.54) is 5.56 Å². The number of nitrogens with two attached hydrogens (primary N) is 1. The summed E-state index contributed by atoms with van der Waals surface area (Å²) in [4.78, 5) is 4.42. The minimum absolute atomic E-state index is 0.401. The minimum Gasteiger partial charge on any atom is -0.370 e. The van der Waals surface area contributed by atoms with Crippen molar-refractivity contribution in [2.24, 2.45) is 10.7 Å². The Labute approximate surface area is 131 Å². The molecule has 1 heterocycles. The molecule has 5 nitrogen and oxygen atoms in total. The predicted octanol–water partition coefficient (Wildman–Crippen LogP) is 3.29. The van der Waals surface area contributed by atoms with E-state index in [-0.39, 0.29) is 0 Å². The van der Waals surface area contributed by atoms with Crippen LogP contribution in [-0.2, 0) is 25.8 Å². The number of rotatable bonds is 6. The van der Waals surface area contributed by atoms with Gasteiger partial charge in [0, 0.05) is 17.7 Å². The number of hydrogen-bond donors (Lipinski definition) is 2. The van der Waals surface area contributed by atoms with Crippen LogP contribution >= 0.6 is 0 Å². The zero-order valence-corrected chi connectivity index (χ0v) is 13.5. The molecule has 5 heteroatoms. The quantitative estimate of drug-likeness (QED) is 0.634. The number of hydrogen-bond acceptors (Lipinski definition) is 3. The van der Waals surface area contributed by atoms with E-state index in [0.29, 0.717) is 12.5 Å². The summed E-state index contributed by atoms with van der Waals surface area (Å²) in [5.74, 6) is 1.29. The van der Waals surface area contributed by atoms with E-state index in [1.807, 2.05) is 19.1 Å². The number of anilines is 1. The highest BCUT2D eigenvalue weighted by Gasteiger charge is 2.12. The number of nitrogens with zero attached hydrogens (tertiary/aromatic N) is 2. The van der Waals surface area contributed by atoms with Crippen LogP contribution in [0.4, 0.5) is 5.69 Å². The number of aryl methyl sites for hydroxylation is 3. The molecule has 2 rings (SSSR count). The summed E-state index contributed by atoms with van der Waals surface area (Å²) in [7, 11) is 0. The van der Waals surface area contributed by atoms with Gasteiger partial charge in [-0.2, -0.15) is 0 Å². The van der Waals surface area contributed by atoms with Gasteiger partial charge >= 0.3 is 0 Å². The first kappa shape index (κ1) is 16.1. The lowest BCUT2D eigenvalue weighted by Crippen LogP contribution is -2.22. The van der Waals surface area contributed by atoms with E-state index < -0.39 is 0 Å². The van der Waals surface area contributed by atoms with Crippen molar-refractivity contribution in [1.82, 2.24) is 5.16 Å². The summed E-state index contributed by atoms with van der Waals surface area (Å²) in [5.41, 5.74) is 10.2. The van der Waals surface area contributed by atoms with Gasteiger partial charge in [0.1, 0.15) is 5.76 Å². The second-order valence-corrected chi connectivity index (χ2v) is 5.12. The summed E-state index contributed by atoms with van der Waals surface area (Å²) >= 11 is 0. The number of benzene rings is 1. The van der Waals surface area contributed by atoms with Gasteiger partial charge in [0.25, 0.3) is 0 Å². The maximum atomic E-state index is 5.98. The molecule has 1 aromatic heterocycles. The number of guanidine groups is 1. The molecule has 0 saturated carbocycles. The van der Waals surface area contributed by atoms with Crippen molar-refractivity contribution in [3.63, 3.8) is 0 Å². The maximum Gasteiger partial charge on any atom is 0.193 e. The fourth-order valence-corrected chi connectivity index (χ4v) is 2.34. The first-order valence-corrected chi connectivity index (χ1v) is 7.80. The average Bonchev–Trinajstić information content (AvgIpc) is 2.95. The Balaban J connectivity index is 2.08. The molecule has 0 unspecified atom stereocenters. The zero-order valence-electron chi connectivity index (χ0n) is 13.5. The Kier molecular flexibility index (Phi) is 5.58. The van der Waals surface area contributed by atoms with Crippen LogP contribution in [0.1, 0.15) is 43.4 Å². The van der Waals surface area contributed by atoms with E-state index in [9.17, 15) is 0 Å². The molecule has 0 atom stereocenters. The maximum absolute atomic E-state index is 5.98. The molecule has 0 bridgehead atoms. The molecule has 0 spiro atoms. The van der Waals surface area contributed by atoms with Gasteiger partial charge < -0.3 is 15.6 Å². The van der Waals surface area contributed by atoms with Gasteiger partial charge in [-0.1, -0.05) is 38.1 Å². The van der Waals surface area contributed by atoms with E-state index in [2.05, 4.69) is 41.4 Å². The smallest absolute Gasteiger partial charge is 0.193 e. The molecule has 0 amide bonds. The van der Waals surface area contributed by atoms with E-state index in [4.69, 9.17) is 10.3 Å². The van der Waals surface area contributed by atoms with Crippen molar-refractivity contribution in [2.45, 2.75) is 46.6 Å². The molecule has 0 saturated heterocycles. The lowest BCUT2D eigenvalue weighted by atomic mass is 10.1. The summed E-state index contributed by atoms with van der Waals surface area (Å²) in [6.07, 6.45) is 2.64. The van der Waals surface area contributed by atoms with Crippen LogP contribution in [0.2, 0.25) is 0 Å². The molecule has 0 radical (unpaired) electrons. The molecule has 0 aliphatic heterocycles. The molecule has 22 heavy (non-hydrogen) atoms. The highest BCUT2D eigenvalue weighted by Crippen LogP contribution is 2.17. The van der Waals surface area contributed by atoms with Crippen LogP contribution in [-0.4, -0.2) is 11.1 Å². The summed E-state index contributed by atoms with van der Waals surface area (Å²) < 4.78 is 5.34. The second kappa shape index (κ2) is 7.64. The van der Waals surface area contributed by atoms with Crippen LogP contribution in [0.15, 0.2) is 33.8 Å². The third-order valence-electron chi connectivity index (χ3n) is 3.62. The summed E-state index contributed by atoms with van der Waals surface area (Å²) in [6, 6.07) is 8.17. The molecule has 3 N–H and O–H groups in total. The fourth-order valence-electron chi connectivity index (χ4n) is 2.34. The summed E-state index contributed by atoms with van der Waals surface area (Å²) in [5, 5.41) is 7.22. The SMILES string of the molecule is CCc1cccc(NC(N)=NCc2c(CC)noc2CC)c1. The fraction of sp³-hybridized carbons (Fsp3) is 0.412. The number of aliphatic imine (C=N–C) groups is 1. The van der Waals surface area contributed by atoms with E-state index >= 15 is 0 Å².